The van der Waals surface area contributed by atoms with Gasteiger partial charge in [0.15, 0.2) is 0 Å². The number of carbonyl (C=O) groups is 1. The van der Waals surface area contributed by atoms with Crippen LogP contribution in [0.4, 0.5) is 4.79 Å². The Morgan fingerprint density at radius 3 is 2.47 bits per heavy atom. The minimum atomic E-state index is 0.0995. The molecular formula is C12H24N2O. The van der Waals surface area contributed by atoms with E-state index in [0.29, 0.717) is 6.04 Å². The van der Waals surface area contributed by atoms with Crippen molar-refractivity contribution in [1.29, 1.82) is 0 Å². The molecule has 1 rings (SSSR count). The summed E-state index contributed by atoms with van der Waals surface area (Å²) in [6.07, 6.45) is 2.27. The molecule has 0 aromatic rings. The average Bonchev–Trinajstić information content (AvgIpc) is 2.48. The number of hydrogen-bond donors (Lipinski definition) is 1. The normalized spacial score (nSPS) is 22.3. The topological polar surface area (TPSA) is 32.3 Å². The number of likely N-dealkylation sites (tertiary alicyclic amines) is 1. The van der Waals surface area contributed by atoms with Crippen LogP contribution in [0.2, 0.25) is 0 Å². The number of rotatable bonds is 1. The minimum Gasteiger partial charge on any atom is -0.336 e. The summed E-state index contributed by atoms with van der Waals surface area (Å²) in [6, 6.07) is 0.706. The van der Waals surface area contributed by atoms with Crippen LogP contribution in [0.3, 0.4) is 0 Å². The molecule has 0 radical (unpaired) electrons. The van der Waals surface area contributed by atoms with E-state index < -0.39 is 0 Å². The molecule has 0 bridgehead atoms. The van der Waals surface area contributed by atoms with E-state index in [0.717, 1.165) is 19.4 Å². The second-order valence-corrected chi connectivity index (χ2v) is 5.82. The standard InChI is InChI=1S/C12H24N2O/c1-9(2)13-11(15)14-8-6-7-10(14)12(3,4)5/h9-10H,6-8H2,1-5H3,(H,13,15)/t10-/m1/s1. The molecule has 15 heavy (non-hydrogen) atoms. The average molecular weight is 212 g/mol. The first-order valence-electron chi connectivity index (χ1n) is 5.89. The largest absolute Gasteiger partial charge is 0.336 e. The predicted molar refractivity (Wildman–Crippen MR) is 62.9 cm³/mol. The van der Waals surface area contributed by atoms with Crippen LogP contribution < -0.4 is 5.32 Å². The molecule has 1 fully saturated rings. The summed E-state index contributed by atoms with van der Waals surface area (Å²) in [5, 5.41) is 2.97. The van der Waals surface area contributed by atoms with Crippen molar-refractivity contribution in [2.45, 2.75) is 59.5 Å². The van der Waals surface area contributed by atoms with E-state index >= 15 is 0 Å². The Balaban J connectivity index is 2.64. The molecule has 1 aliphatic rings. The van der Waals surface area contributed by atoms with E-state index in [-0.39, 0.29) is 17.5 Å². The fourth-order valence-corrected chi connectivity index (χ4v) is 2.24. The van der Waals surface area contributed by atoms with E-state index in [1.165, 1.54) is 0 Å². The summed E-state index contributed by atoms with van der Waals surface area (Å²) >= 11 is 0. The number of nitrogens with one attached hydrogen (secondary N) is 1. The van der Waals surface area contributed by atoms with Crippen molar-refractivity contribution in [3.8, 4) is 0 Å². The van der Waals surface area contributed by atoms with Gasteiger partial charge in [-0.1, -0.05) is 20.8 Å². The van der Waals surface area contributed by atoms with Crippen molar-refractivity contribution in [3.05, 3.63) is 0 Å². The number of urea groups is 1. The first kappa shape index (κ1) is 12.3. The van der Waals surface area contributed by atoms with Crippen molar-refractivity contribution in [2.24, 2.45) is 5.41 Å². The fourth-order valence-electron chi connectivity index (χ4n) is 2.24. The van der Waals surface area contributed by atoms with Gasteiger partial charge in [-0.05, 0) is 32.1 Å². The van der Waals surface area contributed by atoms with Crippen LogP contribution in [-0.4, -0.2) is 29.6 Å². The SMILES string of the molecule is CC(C)NC(=O)N1CCC[C@@H]1C(C)(C)C. The molecule has 1 heterocycles. The molecule has 88 valence electrons. The lowest BCUT2D eigenvalue weighted by Gasteiger charge is -2.35. The Hall–Kier alpha value is -0.730. The smallest absolute Gasteiger partial charge is 0.317 e. The minimum absolute atomic E-state index is 0.0995. The third-order valence-electron chi connectivity index (χ3n) is 2.93. The number of amides is 2. The van der Waals surface area contributed by atoms with Gasteiger partial charge < -0.3 is 10.2 Å². The summed E-state index contributed by atoms with van der Waals surface area (Å²) < 4.78 is 0. The lowest BCUT2D eigenvalue weighted by Crippen LogP contribution is -2.49. The lowest BCUT2D eigenvalue weighted by molar-refractivity contribution is 0.144. The predicted octanol–water partition coefficient (Wildman–Crippen LogP) is 2.61. The van der Waals surface area contributed by atoms with Gasteiger partial charge in [0, 0.05) is 18.6 Å². The zero-order valence-corrected chi connectivity index (χ0v) is 10.6. The van der Waals surface area contributed by atoms with Crippen LogP contribution in [0.5, 0.6) is 0 Å². The third-order valence-corrected chi connectivity index (χ3v) is 2.93. The lowest BCUT2D eigenvalue weighted by atomic mass is 9.85. The Morgan fingerprint density at radius 1 is 1.40 bits per heavy atom. The summed E-state index contributed by atoms with van der Waals surface area (Å²) in [4.78, 5) is 13.9. The maximum atomic E-state index is 11.9. The van der Waals surface area contributed by atoms with Gasteiger partial charge in [-0.15, -0.1) is 0 Å². The van der Waals surface area contributed by atoms with Gasteiger partial charge in [0.2, 0.25) is 0 Å². The third kappa shape index (κ3) is 3.11. The highest BCUT2D eigenvalue weighted by atomic mass is 16.2. The van der Waals surface area contributed by atoms with Crippen molar-refractivity contribution in [3.63, 3.8) is 0 Å². The Bertz CT molecular complexity index is 230. The number of carbonyl (C=O) groups excluding carboxylic acids is 1. The fraction of sp³-hybridized carbons (Fsp3) is 0.917. The van der Waals surface area contributed by atoms with Crippen molar-refractivity contribution in [2.75, 3.05) is 6.54 Å². The molecular weight excluding hydrogens is 188 g/mol. The van der Waals surface area contributed by atoms with Crippen LogP contribution in [0.25, 0.3) is 0 Å². The molecule has 3 heteroatoms. The van der Waals surface area contributed by atoms with Crippen LogP contribution in [0, 0.1) is 5.41 Å². The maximum Gasteiger partial charge on any atom is 0.317 e. The molecule has 1 N–H and O–H groups in total. The first-order valence-corrected chi connectivity index (χ1v) is 5.89. The van der Waals surface area contributed by atoms with Crippen LogP contribution in [0.1, 0.15) is 47.5 Å². The molecule has 0 unspecified atom stereocenters. The molecule has 0 aromatic heterocycles. The zero-order valence-electron chi connectivity index (χ0n) is 10.6. The van der Waals surface area contributed by atoms with Gasteiger partial charge in [0.1, 0.15) is 0 Å². The quantitative estimate of drug-likeness (QED) is 0.712. The monoisotopic (exact) mass is 212 g/mol. The summed E-state index contributed by atoms with van der Waals surface area (Å²) in [5.41, 5.74) is 0.185. The highest BCUT2D eigenvalue weighted by Gasteiger charge is 2.36. The summed E-state index contributed by atoms with van der Waals surface area (Å²) in [6.45, 7) is 11.5. The van der Waals surface area contributed by atoms with Crippen LogP contribution >= 0.6 is 0 Å². The Morgan fingerprint density at radius 2 is 2.00 bits per heavy atom. The summed E-state index contributed by atoms with van der Waals surface area (Å²) in [7, 11) is 0. The first-order chi connectivity index (χ1) is 6.82. The molecule has 2 amide bonds. The van der Waals surface area contributed by atoms with Crippen molar-refractivity contribution in [1.82, 2.24) is 10.2 Å². The van der Waals surface area contributed by atoms with E-state index in [4.69, 9.17) is 0 Å². The molecule has 0 aliphatic carbocycles. The highest BCUT2D eigenvalue weighted by molar-refractivity contribution is 5.75. The Labute approximate surface area is 93.2 Å². The maximum absolute atomic E-state index is 11.9. The van der Waals surface area contributed by atoms with Gasteiger partial charge in [0.05, 0.1) is 0 Å². The molecule has 1 aliphatic heterocycles. The molecule has 0 spiro atoms. The van der Waals surface area contributed by atoms with Gasteiger partial charge in [0.25, 0.3) is 0 Å². The molecule has 3 nitrogen and oxygen atoms in total. The van der Waals surface area contributed by atoms with Gasteiger partial charge in [-0.2, -0.15) is 0 Å². The van der Waals surface area contributed by atoms with Crippen molar-refractivity contribution >= 4 is 6.03 Å². The van der Waals surface area contributed by atoms with Crippen LogP contribution in [-0.2, 0) is 0 Å². The molecule has 1 atom stereocenters. The number of nitrogens with zero attached hydrogens (tertiary/aromatic N) is 1. The van der Waals surface area contributed by atoms with Gasteiger partial charge in [-0.3, -0.25) is 0 Å². The van der Waals surface area contributed by atoms with Gasteiger partial charge >= 0.3 is 6.03 Å². The Kier molecular flexibility index (Phi) is 3.63. The summed E-state index contributed by atoms with van der Waals surface area (Å²) in [5.74, 6) is 0. The highest BCUT2D eigenvalue weighted by Crippen LogP contribution is 2.32. The van der Waals surface area contributed by atoms with E-state index in [9.17, 15) is 4.79 Å². The zero-order chi connectivity index (χ0) is 11.6. The molecule has 0 saturated carbocycles. The van der Waals surface area contributed by atoms with Gasteiger partial charge in [-0.25, -0.2) is 4.79 Å². The van der Waals surface area contributed by atoms with Crippen molar-refractivity contribution < 1.29 is 4.79 Å². The van der Waals surface area contributed by atoms with E-state index in [1.54, 1.807) is 0 Å². The number of hydrogen-bond acceptors (Lipinski definition) is 1. The molecule has 0 aromatic carbocycles. The second kappa shape index (κ2) is 4.42. The molecule has 1 saturated heterocycles. The van der Waals surface area contributed by atoms with E-state index in [1.807, 2.05) is 18.7 Å². The second-order valence-electron chi connectivity index (χ2n) is 5.82. The van der Waals surface area contributed by atoms with Crippen LogP contribution in [0.15, 0.2) is 0 Å². The van der Waals surface area contributed by atoms with E-state index in [2.05, 4.69) is 26.1 Å².